The summed E-state index contributed by atoms with van der Waals surface area (Å²) in [6, 6.07) is 12.4. The van der Waals surface area contributed by atoms with Crippen molar-refractivity contribution in [2.45, 2.75) is 19.8 Å². The summed E-state index contributed by atoms with van der Waals surface area (Å²) in [5.74, 6) is 1.82. The zero-order valence-electron chi connectivity index (χ0n) is 17.8. The fourth-order valence-corrected chi connectivity index (χ4v) is 3.71. The van der Waals surface area contributed by atoms with Gasteiger partial charge in [-0.25, -0.2) is 0 Å². The SMILES string of the molecule is CCOc1ccc(Oc2ccc(Cl)cc2NC(=O)CN2CCC(C(=O)NC)CC2)cc1. The summed E-state index contributed by atoms with van der Waals surface area (Å²) < 4.78 is 11.4. The van der Waals surface area contributed by atoms with Crippen molar-refractivity contribution in [1.29, 1.82) is 0 Å². The van der Waals surface area contributed by atoms with Crippen LogP contribution in [0.25, 0.3) is 0 Å². The van der Waals surface area contributed by atoms with Crippen LogP contribution in [0.15, 0.2) is 42.5 Å². The lowest BCUT2D eigenvalue weighted by atomic mass is 9.96. The van der Waals surface area contributed by atoms with Crippen LogP contribution in [-0.2, 0) is 9.59 Å². The summed E-state index contributed by atoms with van der Waals surface area (Å²) in [5, 5.41) is 6.10. The van der Waals surface area contributed by atoms with Crippen molar-refractivity contribution >= 4 is 29.1 Å². The molecule has 2 N–H and O–H groups in total. The van der Waals surface area contributed by atoms with Crippen molar-refractivity contribution in [3.63, 3.8) is 0 Å². The van der Waals surface area contributed by atoms with Crippen LogP contribution in [0.1, 0.15) is 19.8 Å². The number of nitrogens with zero attached hydrogens (tertiary/aromatic N) is 1. The number of carbonyl (C=O) groups is 2. The van der Waals surface area contributed by atoms with Crippen molar-refractivity contribution in [3.05, 3.63) is 47.5 Å². The average molecular weight is 446 g/mol. The lowest BCUT2D eigenvalue weighted by Gasteiger charge is -2.30. The van der Waals surface area contributed by atoms with Crippen LogP contribution in [-0.4, -0.2) is 50.0 Å². The number of hydrogen-bond donors (Lipinski definition) is 2. The van der Waals surface area contributed by atoms with E-state index in [4.69, 9.17) is 21.1 Å². The van der Waals surface area contributed by atoms with Gasteiger partial charge in [-0.05, 0) is 75.3 Å². The first-order valence-corrected chi connectivity index (χ1v) is 10.8. The highest BCUT2D eigenvalue weighted by Gasteiger charge is 2.25. The van der Waals surface area contributed by atoms with Crippen LogP contribution < -0.4 is 20.1 Å². The number of piperidine rings is 1. The number of benzene rings is 2. The van der Waals surface area contributed by atoms with Crippen molar-refractivity contribution in [3.8, 4) is 17.2 Å². The molecule has 0 aromatic heterocycles. The second kappa shape index (κ2) is 11.0. The first-order valence-electron chi connectivity index (χ1n) is 10.4. The van der Waals surface area contributed by atoms with E-state index in [1.54, 1.807) is 25.2 Å². The number of anilines is 1. The van der Waals surface area contributed by atoms with Gasteiger partial charge in [0.2, 0.25) is 11.8 Å². The van der Waals surface area contributed by atoms with Gasteiger partial charge >= 0.3 is 0 Å². The standard InChI is InChI=1S/C23H28ClN3O4/c1-3-30-18-5-7-19(8-6-18)31-21-9-4-17(24)14-20(21)26-22(28)15-27-12-10-16(11-13-27)23(29)25-2/h4-9,14,16H,3,10-13,15H2,1-2H3,(H,25,29)(H,26,28). The van der Waals surface area contributed by atoms with Crippen LogP contribution in [0.4, 0.5) is 5.69 Å². The van der Waals surface area contributed by atoms with E-state index >= 15 is 0 Å². The van der Waals surface area contributed by atoms with Crippen LogP contribution in [0.3, 0.4) is 0 Å². The Labute approximate surface area is 187 Å². The molecule has 1 fully saturated rings. The van der Waals surface area contributed by atoms with Gasteiger partial charge in [0.05, 0.1) is 18.8 Å². The summed E-state index contributed by atoms with van der Waals surface area (Å²) in [6.07, 6.45) is 1.49. The Kier molecular flexibility index (Phi) is 8.14. The monoisotopic (exact) mass is 445 g/mol. The molecule has 3 rings (SSSR count). The predicted octanol–water partition coefficient (Wildman–Crippen LogP) is 3.93. The molecule has 1 saturated heterocycles. The molecule has 0 spiro atoms. The van der Waals surface area contributed by atoms with Crippen LogP contribution >= 0.6 is 11.6 Å². The predicted molar refractivity (Wildman–Crippen MR) is 121 cm³/mol. The molecule has 31 heavy (non-hydrogen) atoms. The minimum absolute atomic E-state index is 0.0198. The molecule has 8 heteroatoms. The van der Waals surface area contributed by atoms with Crippen molar-refractivity contribution in [1.82, 2.24) is 10.2 Å². The van der Waals surface area contributed by atoms with E-state index < -0.39 is 0 Å². The Bertz CT molecular complexity index is 896. The Morgan fingerprint density at radius 2 is 1.77 bits per heavy atom. The number of halogens is 1. The number of nitrogens with one attached hydrogen (secondary N) is 2. The third-order valence-corrected chi connectivity index (χ3v) is 5.39. The summed E-state index contributed by atoms with van der Waals surface area (Å²) in [4.78, 5) is 26.5. The van der Waals surface area contributed by atoms with E-state index in [-0.39, 0.29) is 24.3 Å². The van der Waals surface area contributed by atoms with Gasteiger partial charge < -0.3 is 20.1 Å². The van der Waals surface area contributed by atoms with Gasteiger partial charge in [0, 0.05) is 18.0 Å². The fourth-order valence-electron chi connectivity index (χ4n) is 3.54. The molecule has 7 nitrogen and oxygen atoms in total. The summed E-state index contributed by atoms with van der Waals surface area (Å²) in [7, 11) is 1.65. The maximum Gasteiger partial charge on any atom is 0.238 e. The highest BCUT2D eigenvalue weighted by atomic mass is 35.5. The molecule has 1 heterocycles. The van der Waals surface area contributed by atoms with E-state index in [0.29, 0.717) is 41.9 Å². The number of hydrogen-bond acceptors (Lipinski definition) is 5. The Balaban J connectivity index is 1.60. The minimum Gasteiger partial charge on any atom is -0.494 e. The van der Waals surface area contributed by atoms with Gasteiger partial charge in [-0.2, -0.15) is 0 Å². The van der Waals surface area contributed by atoms with Crippen LogP contribution in [0.2, 0.25) is 5.02 Å². The van der Waals surface area contributed by atoms with Crippen molar-refractivity contribution < 1.29 is 19.1 Å². The van der Waals surface area contributed by atoms with Gasteiger partial charge in [0.1, 0.15) is 11.5 Å². The minimum atomic E-state index is -0.155. The Hall–Kier alpha value is -2.77. The van der Waals surface area contributed by atoms with E-state index in [9.17, 15) is 9.59 Å². The Morgan fingerprint density at radius 3 is 2.42 bits per heavy atom. The lowest BCUT2D eigenvalue weighted by molar-refractivity contribution is -0.126. The summed E-state index contributed by atoms with van der Waals surface area (Å²) >= 11 is 6.14. The Morgan fingerprint density at radius 1 is 1.10 bits per heavy atom. The van der Waals surface area contributed by atoms with Crippen LogP contribution in [0.5, 0.6) is 17.2 Å². The molecular weight excluding hydrogens is 418 g/mol. The molecule has 0 bridgehead atoms. The molecule has 166 valence electrons. The molecule has 0 atom stereocenters. The van der Waals surface area contributed by atoms with Gasteiger partial charge in [0.25, 0.3) is 0 Å². The second-order valence-corrected chi connectivity index (χ2v) is 7.80. The van der Waals surface area contributed by atoms with Crippen LogP contribution in [0, 0.1) is 5.92 Å². The highest BCUT2D eigenvalue weighted by Crippen LogP contribution is 2.33. The number of carbonyl (C=O) groups excluding carboxylic acids is 2. The van der Waals surface area contributed by atoms with Crippen molar-refractivity contribution in [2.75, 3.05) is 38.6 Å². The first-order chi connectivity index (χ1) is 15.0. The molecule has 1 aliphatic rings. The molecule has 0 radical (unpaired) electrons. The molecule has 2 aromatic carbocycles. The van der Waals surface area contributed by atoms with Crippen molar-refractivity contribution in [2.24, 2.45) is 5.92 Å². The van der Waals surface area contributed by atoms with Gasteiger partial charge in [-0.3, -0.25) is 14.5 Å². The molecule has 1 aliphatic heterocycles. The quantitative estimate of drug-likeness (QED) is 0.643. The third-order valence-electron chi connectivity index (χ3n) is 5.15. The topological polar surface area (TPSA) is 79.9 Å². The summed E-state index contributed by atoms with van der Waals surface area (Å²) in [6.45, 7) is 4.18. The number of ether oxygens (including phenoxy) is 2. The number of likely N-dealkylation sites (tertiary alicyclic amines) is 1. The third kappa shape index (κ3) is 6.60. The maximum absolute atomic E-state index is 12.6. The molecular formula is C23H28ClN3O4. The largest absolute Gasteiger partial charge is 0.494 e. The molecule has 0 saturated carbocycles. The smallest absolute Gasteiger partial charge is 0.238 e. The van der Waals surface area contributed by atoms with Gasteiger partial charge in [-0.1, -0.05) is 11.6 Å². The first kappa shape index (κ1) is 22.9. The zero-order valence-corrected chi connectivity index (χ0v) is 18.6. The van der Waals surface area contributed by atoms with E-state index in [2.05, 4.69) is 10.6 Å². The van der Waals surface area contributed by atoms with Gasteiger partial charge in [0.15, 0.2) is 5.75 Å². The number of rotatable bonds is 8. The van der Waals surface area contributed by atoms with E-state index in [1.807, 2.05) is 36.1 Å². The molecule has 2 aromatic rings. The summed E-state index contributed by atoms with van der Waals surface area (Å²) in [5.41, 5.74) is 0.506. The number of amides is 2. The average Bonchev–Trinajstić information content (AvgIpc) is 2.77. The van der Waals surface area contributed by atoms with Gasteiger partial charge in [-0.15, -0.1) is 0 Å². The zero-order chi connectivity index (χ0) is 22.2. The lowest BCUT2D eigenvalue weighted by Crippen LogP contribution is -2.42. The second-order valence-electron chi connectivity index (χ2n) is 7.36. The van der Waals surface area contributed by atoms with E-state index in [1.165, 1.54) is 0 Å². The molecule has 0 unspecified atom stereocenters. The van der Waals surface area contributed by atoms with E-state index in [0.717, 1.165) is 18.6 Å². The molecule has 0 aliphatic carbocycles. The highest BCUT2D eigenvalue weighted by molar-refractivity contribution is 6.31. The fraction of sp³-hybridized carbons (Fsp3) is 0.391. The molecule has 2 amide bonds. The normalized spacial score (nSPS) is 14.7. The maximum atomic E-state index is 12.6.